The van der Waals surface area contributed by atoms with Gasteiger partial charge in [-0.05, 0) is 37.6 Å². The van der Waals surface area contributed by atoms with Crippen molar-refractivity contribution in [3.63, 3.8) is 0 Å². The van der Waals surface area contributed by atoms with Crippen LogP contribution in [0.4, 0.5) is 0 Å². The molecule has 2 N–H and O–H groups in total. The predicted molar refractivity (Wildman–Crippen MR) is 104 cm³/mol. The van der Waals surface area contributed by atoms with Crippen LogP contribution in [0.25, 0.3) is 12.2 Å². The van der Waals surface area contributed by atoms with Gasteiger partial charge in [-0.2, -0.15) is 0 Å². The number of nitrogens with one attached hydrogen (secondary N) is 1. The largest absolute Gasteiger partial charge is 0.490 e. The molecule has 1 aromatic heterocycles. The van der Waals surface area contributed by atoms with Crippen molar-refractivity contribution in [2.45, 2.75) is 33.3 Å². The molecule has 0 saturated heterocycles. The molecule has 0 fully saturated rings. The average molecular weight is 362 g/mol. The van der Waals surface area contributed by atoms with Gasteiger partial charge in [-0.25, -0.2) is 0 Å². The van der Waals surface area contributed by atoms with Crippen LogP contribution in [0.15, 0.2) is 24.3 Å². The number of benzene rings is 1. The molecule has 25 heavy (non-hydrogen) atoms. The van der Waals surface area contributed by atoms with E-state index in [-0.39, 0.29) is 6.61 Å². The number of hydrogen-bond donors (Lipinski definition) is 2. The molecule has 1 aromatic carbocycles. The summed E-state index contributed by atoms with van der Waals surface area (Å²) < 4.78 is 5.80. The van der Waals surface area contributed by atoms with Crippen LogP contribution in [0, 0.1) is 12.8 Å². The van der Waals surface area contributed by atoms with E-state index >= 15 is 0 Å². The standard InChI is InChI=1S/C19H27N3O2S/c1-4-14(2)11-20-12-17(23)13-24-18-8-6-5-7-16(18)9-10-19-22-21-15(3)25-19/h5-10,14,17,20,23H,4,11-13H2,1-3H3/b10-9+. The van der Waals surface area contributed by atoms with Crippen molar-refractivity contribution < 1.29 is 9.84 Å². The van der Waals surface area contributed by atoms with Crippen molar-refractivity contribution in [1.82, 2.24) is 15.5 Å². The van der Waals surface area contributed by atoms with Gasteiger partial charge >= 0.3 is 0 Å². The Kier molecular flexibility index (Phi) is 8.04. The third-order valence-corrected chi connectivity index (χ3v) is 4.67. The molecule has 0 aliphatic carbocycles. The van der Waals surface area contributed by atoms with Gasteiger partial charge in [-0.3, -0.25) is 0 Å². The van der Waals surface area contributed by atoms with Gasteiger partial charge in [0.2, 0.25) is 0 Å². The first-order valence-corrected chi connectivity index (χ1v) is 9.49. The van der Waals surface area contributed by atoms with E-state index in [0.717, 1.165) is 34.3 Å². The molecule has 0 bridgehead atoms. The summed E-state index contributed by atoms with van der Waals surface area (Å²) in [5, 5.41) is 23.2. The molecule has 1 heterocycles. The predicted octanol–water partition coefficient (Wildman–Crippen LogP) is 3.39. The normalized spacial score (nSPS) is 13.9. The lowest BCUT2D eigenvalue weighted by Crippen LogP contribution is -2.33. The SMILES string of the molecule is CCC(C)CNCC(O)COc1ccccc1/C=C/c1nnc(C)s1. The zero-order valence-electron chi connectivity index (χ0n) is 15.1. The molecule has 136 valence electrons. The third kappa shape index (κ3) is 6.94. The number of aromatic nitrogens is 2. The summed E-state index contributed by atoms with van der Waals surface area (Å²) in [6, 6.07) is 7.77. The fourth-order valence-corrected chi connectivity index (χ4v) is 2.78. The highest BCUT2D eigenvalue weighted by atomic mass is 32.1. The van der Waals surface area contributed by atoms with Gasteiger partial charge < -0.3 is 15.2 Å². The topological polar surface area (TPSA) is 67.3 Å². The van der Waals surface area contributed by atoms with Gasteiger partial charge in [0.05, 0.1) is 0 Å². The van der Waals surface area contributed by atoms with Gasteiger partial charge in [0, 0.05) is 12.1 Å². The lowest BCUT2D eigenvalue weighted by atomic mass is 10.1. The Morgan fingerprint density at radius 2 is 2.04 bits per heavy atom. The maximum atomic E-state index is 10.1. The summed E-state index contributed by atoms with van der Waals surface area (Å²) in [5.41, 5.74) is 0.954. The van der Waals surface area contributed by atoms with Crippen molar-refractivity contribution in [2.75, 3.05) is 19.7 Å². The van der Waals surface area contributed by atoms with E-state index in [2.05, 4.69) is 29.4 Å². The molecule has 0 amide bonds. The van der Waals surface area contributed by atoms with Crippen molar-refractivity contribution in [3.8, 4) is 5.75 Å². The van der Waals surface area contributed by atoms with Gasteiger partial charge in [0.15, 0.2) is 0 Å². The number of aryl methyl sites for hydroxylation is 1. The molecule has 2 unspecified atom stereocenters. The molecular formula is C19H27N3O2S. The Balaban J connectivity index is 1.86. The van der Waals surface area contributed by atoms with Crippen LogP contribution < -0.4 is 10.1 Å². The van der Waals surface area contributed by atoms with Crippen molar-refractivity contribution >= 4 is 23.5 Å². The molecule has 5 nitrogen and oxygen atoms in total. The monoisotopic (exact) mass is 361 g/mol. The van der Waals surface area contributed by atoms with Gasteiger partial charge in [-0.1, -0.05) is 49.8 Å². The van der Waals surface area contributed by atoms with E-state index in [9.17, 15) is 5.11 Å². The number of hydrogen-bond acceptors (Lipinski definition) is 6. The number of ether oxygens (including phenoxy) is 1. The van der Waals surface area contributed by atoms with E-state index < -0.39 is 6.10 Å². The second kappa shape index (κ2) is 10.3. The summed E-state index contributed by atoms with van der Waals surface area (Å²) in [6.07, 6.45) is 4.49. The summed E-state index contributed by atoms with van der Waals surface area (Å²) in [6.45, 7) is 8.00. The van der Waals surface area contributed by atoms with E-state index in [4.69, 9.17) is 4.74 Å². The third-order valence-electron chi connectivity index (χ3n) is 3.87. The van der Waals surface area contributed by atoms with Gasteiger partial charge in [-0.15, -0.1) is 10.2 Å². The Hall–Kier alpha value is -1.76. The van der Waals surface area contributed by atoms with Gasteiger partial charge in [0.25, 0.3) is 0 Å². The first kappa shape index (κ1) is 19.6. The van der Waals surface area contributed by atoms with Crippen LogP contribution in [0.2, 0.25) is 0 Å². The van der Waals surface area contributed by atoms with E-state index in [1.54, 1.807) is 11.3 Å². The van der Waals surface area contributed by atoms with Crippen LogP contribution in [0.3, 0.4) is 0 Å². The fraction of sp³-hybridized carbons (Fsp3) is 0.474. The summed E-state index contributed by atoms with van der Waals surface area (Å²) in [7, 11) is 0. The Morgan fingerprint density at radius 3 is 2.76 bits per heavy atom. The molecule has 2 atom stereocenters. The number of aliphatic hydroxyl groups excluding tert-OH is 1. The molecule has 0 radical (unpaired) electrons. The Morgan fingerprint density at radius 1 is 1.24 bits per heavy atom. The quantitative estimate of drug-likeness (QED) is 0.679. The second-order valence-corrected chi connectivity index (χ2v) is 7.38. The fourth-order valence-electron chi connectivity index (χ4n) is 2.18. The highest BCUT2D eigenvalue weighted by Crippen LogP contribution is 2.21. The number of rotatable bonds is 10. The first-order chi connectivity index (χ1) is 12.1. The van der Waals surface area contributed by atoms with Crippen molar-refractivity contribution in [1.29, 1.82) is 0 Å². The minimum atomic E-state index is -0.535. The van der Waals surface area contributed by atoms with E-state index in [0.29, 0.717) is 12.5 Å². The van der Waals surface area contributed by atoms with Crippen LogP contribution in [-0.4, -0.2) is 41.1 Å². The number of nitrogens with zero attached hydrogens (tertiary/aromatic N) is 2. The van der Waals surface area contributed by atoms with Crippen LogP contribution in [0.5, 0.6) is 5.75 Å². The van der Waals surface area contributed by atoms with Crippen LogP contribution in [-0.2, 0) is 0 Å². The van der Waals surface area contributed by atoms with Crippen LogP contribution >= 0.6 is 11.3 Å². The summed E-state index contributed by atoms with van der Waals surface area (Å²) >= 11 is 1.55. The minimum absolute atomic E-state index is 0.260. The van der Waals surface area contributed by atoms with E-state index in [1.807, 2.05) is 43.3 Å². The Labute approximate surface area is 153 Å². The zero-order valence-corrected chi connectivity index (χ0v) is 15.9. The molecule has 0 saturated carbocycles. The van der Waals surface area contributed by atoms with Crippen LogP contribution in [0.1, 0.15) is 35.8 Å². The molecule has 0 spiro atoms. The lowest BCUT2D eigenvalue weighted by Gasteiger charge is -2.16. The van der Waals surface area contributed by atoms with Crippen molar-refractivity contribution in [3.05, 3.63) is 39.8 Å². The van der Waals surface area contributed by atoms with Gasteiger partial charge in [0.1, 0.15) is 28.5 Å². The van der Waals surface area contributed by atoms with Crippen molar-refractivity contribution in [2.24, 2.45) is 5.92 Å². The average Bonchev–Trinajstić information content (AvgIpc) is 3.04. The smallest absolute Gasteiger partial charge is 0.140 e. The molecule has 0 aliphatic rings. The summed E-state index contributed by atoms with van der Waals surface area (Å²) in [4.78, 5) is 0. The Bertz CT molecular complexity index is 672. The molecule has 6 heteroatoms. The molecular weight excluding hydrogens is 334 g/mol. The number of aliphatic hydroxyl groups is 1. The maximum Gasteiger partial charge on any atom is 0.140 e. The van der Waals surface area contributed by atoms with E-state index in [1.165, 1.54) is 0 Å². The highest BCUT2D eigenvalue weighted by Gasteiger charge is 2.08. The molecule has 0 aliphatic heterocycles. The highest BCUT2D eigenvalue weighted by molar-refractivity contribution is 7.12. The second-order valence-electron chi connectivity index (χ2n) is 6.17. The summed E-state index contributed by atoms with van der Waals surface area (Å²) in [5.74, 6) is 1.36. The lowest BCUT2D eigenvalue weighted by molar-refractivity contribution is 0.105. The zero-order chi connectivity index (χ0) is 18.1. The number of para-hydroxylation sites is 1. The molecule has 2 aromatic rings. The first-order valence-electron chi connectivity index (χ1n) is 8.67. The molecule has 2 rings (SSSR count). The minimum Gasteiger partial charge on any atom is -0.490 e. The maximum absolute atomic E-state index is 10.1.